The van der Waals surface area contributed by atoms with E-state index in [0.717, 1.165) is 31.0 Å². The number of likely N-dealkylation sites (tertiary alicyclic amines) is 1. The fourth-order valence-corrected chi connectivity index (χ4v) is 3.85. The van der Waals surface area contributed by atoms with Crippen LogP contribution in [-0.2, 0) is 16.0 Å². The number of fused-ring (bicyclic) bond motifs is 3. The molecule has 2 aromatic rings. The highest BCUT2D eigenvalue weighted by molar-refractivity contribution is 5.92. The van der Waals surface area contributed by atoms with Crippen molar-refractivity contribution in [1.29, 1.82) is 0 Å². The average Bonchev–Trinajstić information content (AvgIpc) is 3.19. The molecule has 0 atom stereocenters. The normalized spacial score (nSPS) is 15.6. The van der Waals surface area contributed by atoms with E-state index in [1.165, 1.54) is 19.3 Å². The number of para-hydroxylation sites is 2. The highest BCUT2D eigenvalue weighted by Gasteiger charge is 2.30. The molecule has 1 saturated heterocycles. The SMILES string of the molecule is CCOC(=O)c1cn2c(n1)CN(C(=O)OCCN1CCCCC1)c1ccccc1-2.Cl. The van der Waals surface area contributed by atoms with Gasteiger partial charge in [0.1, 0.15) is 12.4 Å². The second-order valence-electron chi connectivity index (χ2n) is 7.22. The number of rotatable bonds is 5. The van der Waals surface area contributed by atoms with Crippen LogP contribution in [0.15, 0.2) is 30.5 Å². The maximum Gasteiger partial charge on any atom is 0.414 e. The molecule has 0 aliphatic carbocycles. The average molecular weight is 435 g/mol. The van der Waals surface area contributed by atoms with E-state index in [2.05, 4.69) is 9.88 Å². The predicted molar refractivity (Wildman–Crippen MR) is 115 cm³/mol. The fraction of sp³-hybridized carbons (Fsp3) is 0.476. The molecular weight excluding hydrogens is 408 g/mol. The number of hydrogen-bond acceptors (Lipinski definition) is 6. The van der Waals surface area contributed by atoms with Crippen molar-refractivity contribution in [3.05, 3.63) is 42.0 Å². The van der Waals surface area contributed by atoms with Crippen molar-refractivity contribution in [2.45, 2.75) is 32.7 Å². The lowest BCUT2D eigenvalue weighted by molar-refractivity contribution is 0.0520. The van der Waals surface area contributed by atoms with Crippen LogP contribution in [0.25, 0.3) is 5.69 Å². The minimum absolute atomic E-state index is 0. The Bertz CT molecular complexity index is 895. The molecule has 30 heavy (non-hydrogen) atoms. The van der Waals surface area contributed by atoms with Crippen molar-refractivity contribution >= 4 is 30.2 Å². The van der Waals surface area contributed by atoms with Crippen LogP contribution >= 0.6 is 12.4 Å². The fourth-order valence-electron chi connectivity index (χ4n) is 3.85. The first kappa shape index (κ1) is 22.1. The molecule has 0 N–H and O–H groups in total. The molecule has 0 unspecified atom stereocenters. The van der Waals surface area contributed by atoms with Gasteiger partial charge in [0, 0.05) is 12.7 Å². The zero-order valence-corrected chi connectivity index (χ0v) is 17.9. The summed E-state index contributed by atoms with van der Waals surface area (Å²) in [6, 6.07) is 7.52. The third kappa shape index (κ3) is 4.60. The molecular formula is C21H27ClN4O4. The van der Waals surface area contributed by atoms with Crippen molar-refractivity contribution < 1.29 is 19.1 Å². The molecule has 0 spiro atoms. The molecule has 1 amide bonds. The van der Waals surface area contributed by atoms with E-state index in [0.29, 0.717) is 12.4 Å². The molecule has 0 radical (unpaired) electrons. The minimum Gasteiger partial charge on any atom is -0.461 e. The third-order valence-corrected chi connectivity index (χ3v) is 5.30. The van der Waals surface area contributed by atoms with Gasteiger partial charge in [0.2, 0.25) is 0 Å². The topological polar surface area (TPSA) is 76.9 Å². The molecule has 3 heterocycles. The Balaban J connectivity index is 0.00000256. The smallest absolute Gasteiger partial charge is 0.414 e. The molecule has 2 aliphatic rings. The summed E-state index contributed by atoms with van der Waals surface area (Å²) < 4.78 is 12.5. The summed E-state index contributed by atoms with van der Waals surface area (Å²) in [5, 5.41) is 0. The molecule has 4 rings (SSSR count). The summed E-state index contributed by atoms with van der Waals surface area (Å²) in [6.45, 7) is 5.52. The van der Waals surface area contributed by atoms with E-state index in [1.807, 2.05) is 28.8 Å². The summed E-state index contributed by atoms with van der Waals surface area (Å²) in [7, 11) is 0. The predicted octanol–water partition coefficient (Wildman–Crippen LogP) is 3.41. The quantitative estimate of drug-likeness (QED) is 0.671. The highest BCUT2D eigenvalue weighted by Crippen LogP contribution is 2.32. The Morgan fingerprint density at radius 3 is 2.53 bits per heavy atom. The summed E-state index contributed by atoms with van der Waals surface area (Å²) >= 11 is 0. The maximum absolute atomic E-state index is 12.8. The molecule has 0 bridgehead atoms. The van der Waals surface area contributed by atoms with E-state index in [1.54, 1.807) is 18.0 Å². The zero-order chi connectivity index (χ0) is 20.2. The van der Waals surface area contributed by atoms with Gasteiger partial charge in [-0.2, -0.15) is 0 Å². The molecule has 0 saturated carbocycles. The molecule has 1 aromatic carbocycles. The van der Waals surface area contributed by atoms with Crippen LogP contribution in [0.1, 0.15) is 42.5 Å². The Hall–Kier alpha value is -2.58. The highest BCUT2D eigenvalue weighted by atomic mass is 35.5. The van der Waals surface area contributed by atoms with Crippen LogP contribution in [0, 0.1) is 0 Å². The molecule has 1 aromatic heterocycles. The van der Waals surface area contributed by atoms with Crippen LogP contribution in [0.3, 0.4) is 0 Å². The van der Waals surface area contributed by atoms with Gasteiger partial charge in [0.15, 0.2) is 5.69 Å². The van der Waals surface area contributed by atoms with E-state index < -0.39 is 12.1 Å². The first-order valence-electron chi connectivity index (χ1n) is 10.2. The largest absolute Gasteiger partial charge is 0.461 e. The first-order valence-corrected chi connectivity index (χ1v) is 10.2. The van der Waals surface area contributed by atoms with Crippen LogP contribution in [0.5, 0.6) is 0 Å². The molecule has 162 valence electrons. The Morgan fingerprint density at radius 2 is 1.80 bits per heavy atom. The molecule has 1 fully saturated rings. The van der Waals surface area contributed by atoms with E-state index >= 15 is 0 Å². The van der Waals surface area contributed by atoms with Crippen molar-refractivity contribution in [3.63, 3.8) is 0 Å². The number of hydrogen-bond donors (Lipinski definition) is 0. The number of esters is 1. The number of piperidine rings is 1. The number of benzene rings is 1. The number of carbonyl (C=O) groups is 2. The van der Waals surface area contributed by atoms with Crippen LogP contribution in [0.4, 0.5) is 10.5 Å². The number of anilines is 1. The summed E-state index contributed by atoms with van der Waals surface area (Å²) in [5.74, 6) is 0.127. The van der Waals surface area contributed by atoms with Gasteiger partial charge in [-0.05, 0) is 45.0 Å². The van der Waals surface area contributed by atoms with Gasteiger partial charge in [-0.15, -0.1) is 12.4 Å². The van der Waals surface area contributed by atoms with Gasteiger partial charge in [-0.25, -0.2) is 14.6 Å². The number of ether oxygens (including phenoxy) is 2. The minimum atomic E-state index is -0.470. The van der Waals surface area contributed by atoms with E-state index in [-0.39, 0.29) is 31.3 Å². The van der Waals surface area contributed by atoms with Crippen molar-refractivity contribution in [2.75, 3.05) is 37.7 Å². The van der Waals surface area contributed by atoms with Crippen molar-refractivity contribution in [1.82, 2.24) is 14.5 Å². The number of halogens is 1. The lowest BCUT2D eigenvalue weighted by atomic mass is 10.1. The third-order valence-electron chi connectivity index (χ3n) is 5.30. The van der Waals surface area contributed by atoms with E-state index in [9.17, 15) is 9.59 Å². The molecule has 8 nitrogen and oxygen atoms in total. The van der Waals surface area contributed by atoms with Gasteiger partial charge in [-0.1, -0.05) is 18.6 Å². The number of nitrogens with zero attached hydrogens (tertiary/aromatic N) is 4. The van der Waals surface area contributed by atoms with Crippen molar-refractivity contribution in [2.24, 2.45) is 0 Å². The maximum atomic E-state index is 12.8. The van der Waals surface area contributed by atoms with Crippen LogP contribution in [-0.4, -0.2) is 59.4 Å². The standard InChI is InChI=1S/C21H26N4O4.ClH/c1-2-28-20(26)16-14-24-17-8-4-5-9-18(17)25(15-19(24)22-16)21(27)29-13-12-23-10-6-3-7-11-23;/h4-5,8-9,14H,2-3,6-7,10-13,15H2,1H3;1H. The zero-order valence-electron chi connectivity index (χ0n) is 17.1. The number of imidazole rings is 1. The second-order valence-corrected chi connectivity index (χ2v) is 7.22. The molecule has 9 heteroatoms. The number of carbonyl (C=O) groups excluding carboxylic acids is 2. The number of amides is 1. The van der Waals surface area contributed by atoms with Crippen LogP contribution < -0.4 is 4.90 Å². The summed E-state index contributed by atoms with van der Waals surface area (Å²) in [5.41, 5.74) is 1.75. The summed E-state index contributed by atoms with van der Waals surface area (Å²) in [4.78, 5) is 33.2. The lowest BCUT2D eigenvalue weighted by Gasteiger charge is -2.30. The van der Waals surface area contributed by atoms with Crippen molar-refractivity contribution in [3.8, 4) is 5.69 Å². The first-order chi connectivity index (χ1) is 14.2. The second kappa shape index (κ2) is 9.95. The van der Waals surface area contributed by atoms with Gasteiger partial charge < -0.3 is 9.47 Å². The monoisotopic (exact) mass is 434 g/mol. The van der Waals surface area contributed by atoms with Gasteiger partial charge in [-0.3, -0.25) is 14.4 Å². The van der Waals surface area contributed by atoms with Crippen LogP contribution in [0.2, 0.25) is 0 Å². The lowest BCUT2D eigenvalue weighted by Crippen LogP contribution is -2.38. The Morgan fingerprint density at radius 1 is 1.07 bits per heavy atom. The van der Waals surface area contributed by atoms with Gasteiger partial charge in [0.25, 0.3) is 0 Å². The van der Waals surface area contributed by atoms with Gasteiger partial charge in [0.05, 0.1) is 24.5 Å². The number of aromatic nitrogens is 2. The summed E-state index contributed by atoms with van der Waals surface area (Å²) in [6.07, 6.45) is 4.95. The van der Waals surface area contributed by atoms with E-state index in [4.69, 9.17) is 9.47 Å². The molecule has 2 aliphatic heterocycles. The Kier molecular flexibility index (Phi) is 7.33. The Labute approximate surface area is 182 Å². The van der Waals surface area contributed by atoms with Gasteiger partial charge >= 0.3 is 12.1 Å².